The van der Waals surface area contributed by atoms with E-state index in [2.05, 4.69) is 21.0 Å². The molecule has 102 valence electrons. The zero-order valence-corrected chi connectivity index (χ0v) is 11.4. The molecule has 0 spiro atoms. The van der Waals surface area contributed by atoms with E-state index in [1.54, 1.807) is 6.07 Å². The number of rotatable bonds is 2. The van der Waals surface area contributed by atoms with Crippen molar-refractivity contribution in [1.29, 1.82) is 0 Å². The lowest BCUT2D eigenvalue weighted by Gasteiger charge is -2.11. The predicted molar refractivity (Wildman–Crippen MR) is 65.9 cm³/mol. The Labute approximate surface area is 115 Å². The Morgan fingerprint density at radius 1 is 1.26 bits per heavy atom. The van der Waals surface area contributed by atoms with Crippen LogP contribution >= 0.6 is 15.9 Å². The van der Waals surface area contributed by atoms with Crippen LogP contribution in [-0.2, 0) is 11.5 Å². The topological polar surface area (TPSA) is 17.8 Å². The van der Waals surface area contributed by atoms with Crippen molar-refractivity contribution in [3.63, 3.8) is 0 Å². The van der Waals surface area contributed by atoms with Crippen LogP contribution in [0.25, 0.3) is 5.69 Å². The van der Waals surface area contributed by atoms with Crippen molar-refractivity contribution in [2.45, 2.75) is 18.4 Å². The first kappa shape index (κ1) is 14.0. The fraction of sp³-hybridized carbons (Fsp3) is 0.250. The summed E-state index contributed by atoms with van der Waals surface area (Å²) in [5.74, 6) is -0.745. The van der Waals surface area contributed by atoms with Gasteiger partial charge in [-0.15, -0.1) is 0 Å². The van der Waals surface area contributed by atoms with Crippen molar-refractivity contribution in [2.75, 3.05) is 0 Å². The molecule has 2 aromatic rings. The second-order valence-electron chi connectivity index (χ2n) is 4.00. The molecule has 7 heteroatoms. The van der Waals surface area contributed by atoms with Gasteiger partial charge in [0.2, 0.25) is 0 Å². The molecule has 1 aromatic heterocycles. The molecule has 1 aromatic carbocycles. The molecular weight excluding hydrogens is 328 g/mol. The highest BCUT2D eigenvalue weighted by molar-refractivity contribution is 9.08. The van der Waals surface area contributed by atoms with Gasteiger partial charge >= 0.3 is 6.18 Å². The van der Waals surface area contributed by atoms with Crippen LogP contribution in [0.3, 0.4) is 0 Å². The number of halogens is 5. The Bertz CT molecular complexity index is 604. The van der Waals surface area contributed by atoms with E-state index in [0.717, 1.165) is 6.07 Å². The highest BCUT2D eigenvalue weighted by Crippen LogP contribution is 2.32. The summed E-state index contributed by atoms with van der Waals surface area (Å²) in [6.45, 7) is 1.43. The molecule has 0 saturated heterocycles. The average Bonchev–Trinajstić information content (AvgIpc) is 2.70. The van der Waals surface area contributed by atoms with Gasteiger partial charge in [0.25, 0.3) is 0 Å². The van der Waals surface area contributed by atoms with E-state index in [1.807, 2.05) is 0 Å². The highest BCUT2D eigenvalue weighted by atomic mass is 79.9. The van der Waals surface area contributed by atoms with Crippen LogP contribution < -0.4 is 0 Å². The minimum absolute atomic E-state index is 0.177. The smallest absolute Gasteiger partial charge is 0.225 e. The zero-order valence-electron chi connectivity index (χ0n) is 9.80. The summed E-state index contributed by atoms with van der Waals surface area (Å²) < 4.78 is 52.9. The van der Waals surface area contributed by atoms with Crippen LogP contribution in [0, 0.1) is 12.7 Å². The number of aryl methyl sites for hydroxylation is 1. The second kappa shape index (κ2) is 4.96. The zero-order chi connectivity index (χ0) is 14.2. The van der Waals surface area contributed by atoms with Gasteiger partial charge in [-0.3, -0.25) is 0 Å². The summed E-state index contributed by atoms with van der Waals surface area (Å²) in [7, 11) is 0. The molecule has 0 N–H and O–H groups in total. The van der Waals surface area contributed by atoms with Gasteiger partial charge < -0.3 is 0 Å². The van der Waals surface area contributed by atoms with Crippen molar-refractivity contribution in [1.82, 2.24) is 9.78 Å². The largest absolute Gasteiger partial charge is 0.433 e. The van der Waals surface area contributed by atoms with E-state index in [9.17, 15) is 17.6 Å². The van der Waals surface area contributed by atoms with E-state index in [-0.39, 0.29) is 11.4 Å². The maximum Gasteiger partial charge on any atom is 0.433 e. The minimum atomic E-state index is -4.58. The van der Waals surface area contributed by atoms with E-state index in [0.29, 0.717) is 15.6 Å². The van der Waals surface area contributed by atoms with Crippen molar-refractivity contribution < 1.29 is 17.6 Å². The summed E-state index contributed by atoms with van der Waals surface area (Å²) in [6.07, 6.45) is -4.58. The molecule has 2 nitrogen and oxygen atoms in total. The van der Waals surface area contributed by atoms with Gasteiger partial charge in [0, 0.05) is 5.33 Å². The van der Waals surface area contributed by atoms with Crippen LogP contribution in [0.1, 0.15) is 17.0 Å². The number of alkyl halides is 4. The Kier molecular flexibility index (Phi) is 3.66. The highest BCUT2D eigenvalue weighted by Gasteiger charge is 2.36. The maximum absolute atomic E-state index is 13.9. The summed E-state index contributed by atoms with van der Waals surface area (Å²) in [5.41, 5.74) is -0.393. The number of nitrogens with zero attached hydrogens (tertiary/aromatic N) is 2. The first-order chi connectivity index (χ1) is 8.82. The molecule has 0 unspecified atom stereocenters. The van der Waals surface area contributed by atoms with Crippen molar-refractivity contribution in [3.8, 4) is 5.69 Å². The Balaban J connectivity index is 2.59. The van der Waals surface area contributed by atoms with Gasteiger partial charge in [-0.05, 0) is 30.7 Å². The van der Waals surface area contributed by atoms with E-state index in [4.69, 9.17) is 0 Å². The van der Waals surface area contributed by atoms with Crippen molar-refractivity contribution in [3.05, 3.63) is 47.0 Å². The third-order valence-electron chi connectivity index (χ3n) is 2.52. The van der Waals surface area contributed by atoms with Gasteiger partial charge in [0.1, 0.15) is 17.2 Å². The summed E-state index contributed by atoms with van der Waals surface area (Å²) in [4.78, 5) is 0. The SMILES string of the molecule is Cc1cc(C(F)(F)F)n(-c2ccc(CBr)cc2F)n1. The average molecular weight is 337 g/mol. The predicted octanol–water partition coefficient (Wildman–Crippen LogP) is 4.23. The Hall–Kier alpha value is -1.37. The lowest BCUT2D eigenvalue weighted by atomic mass is 10.2. The monoisotopic (exact) mass is 336 g/mol. The fourth-order valence-corrected chi connectivity index (χ4v) is 2.04. The van der Waals surface area contributed by atoms with Crippen LogP contribution in [0.15, 0.2) is 24.3 Å². The maximum atomic E-state index is 13.9. The Morgan fingerprint density at radius 2 is 1.95 bits per heavy atom. The third-order valence-corrected chi connectivity index (χ3v) is 3.16. The molecule has 0 amide bonds. The normalized spacial score (nSPS) is 11.9. The lowest BCUT2D eigenvalue weighted by molar-refractivity contribution is -0.142. The van der Waals surface area contributed by atoms with Crippen LogP contribution in [0.2, 0.25) is 0 Å². The number of hydrogen-bond donors (Lipinski definition) is 0. The van der Waals surface area contributed by atoms with E-state index >= 15 is 0 Å². The summed E-state index contributed by atoms with van der Waals surface area (Å²) in [5, 5.41) is 4.13. The molecule has 0 aliphatic carbocycles. The number of aromatic nitrogens is 2. The molecule has 0 fully saturated rings. The van der Waals surface area contributed by atoms with Gasteiger partial charge in [-0.25, -0.2) is 9.07 Å². The molecule has 2 rings (SSSR count). The fourth-order valence-electron chi connectivity index (χ4n) is 1.69. The molecular formula is C12H9BrF4N2. The van der Waals surface area contributed by atoms with Crippen molar-refractivity contribution in [2.24, 2.45) is 0 Å². The first-order valence-corrected chi connectivity index (χ1v) is 6.43. The molecule has 0 bridgehead atoms. The molecule has 1 heterocycles. The lowest BCUT2D eigenvalue weighted by Crippen LogP contribution is -2.14. The molecule has 0 atom stereocenters. The van der Waals surface area contributed by atoms with E-state index < -0.39 is 17.7 Å². The van der Waals surface area contributed by atoms with Gasteiger partial charge in [0.05, 0.1) is 5.69 Å². The second-order valence-corrected chi connectivity index (χ2v) is 4.56. The third kappa shape index (κ3) is 2.80. The molecule has 0 aliphatic rings. The number of benzene rings is 1. The molecule has 19 heavy (non-hydrogen) atoms. The summed E-state index contributed by atoms with van der Waals surface area (Å²) in [6, 6.07) is 4.90. The van der Waals surface area contributed by atoms with Gasteiger partial charge in [-0.1, -0.05) is 22.0 Å². The standard InChI is InChI=1S/C12H9BrF4N2/c1-7-4-11(12(15,16)17)19(18-7)10-3-2-8(6-13)5-9(10)14/h2-5H,6H2,1H3. The molecule has 0 aliphatic heterocycles. The molecule has 0 radical (unpaired) electrons. The quantitative estimate of drug-likeness (QED) is 0.592. The Morgan fingerprint density at radius 3 is 2.47 bits per heavy atom. The minimum Gasteiger partial charge on any atom is -0.225 e. The van der Waals surface area contributed by atoms with Gasteiger partial charge in [0.15, 0.2) is 0 Å². The van der Waals surface area contributed by atoms with Crippen LogP contribution in [0.4, 0.5) is 17.6 Å². The van der Waals surface area contributed by atoms with E-state index in [1.165, 1.54) is 19.1 Å². The van der Waals surface area contributed by atoms with Gasteiger partial charge in [-0.2, -0.15) is 18.3 Å². The van der Waals surface area contributed by atoms with Crippen LogP contribution in [0.5, 0.6) is 0 Å². The first-order valence-electron chi connectivity index (χ1n) is 5.31. The summed E-state index contributed by atoms with van der Waals surface area (Å²) >= 11 is 3.15. The number of hydrogen-bond acceptors (Lipinski definition) is 1. The van der Waals surface area contributed by atoms with Crippen molar-refractivity contribution >= 4 is 15.9 Å². The molecule has 0 saturated carbocycles. The van der Waals surface area contributed by atoms with Crippen LogP contribution in [-0.4, -0.2) is 9.78 Å².